The van der Waals surface area contributed by atoms with Crippen LogP contribution in [0.4, 0.5) is 0 Å². The molecule has 2 aromatic heterocycles. The Morgan fingerprint density at radius 3 is 2.93 bits per heavy atom. The van der Waals surface area contributed by atoms with Crippen LogP contribution >= 0.6 is 0 Å². The van der Waals surface area contributed by atoms with Gasteiger partial charge in [-0.25, -0.2) is 9.50 Å². The Morgan fingerprint density at radius 1 is 1.47 bits per heavy atom. The summed E-state index contributed by atoms with van der Waals surface area (Å²) >= 11 is 0. The van der Waals surface area contributed by atoms with E-state index in [-0.39, 0.29) is 0 Å². The first-order chi connectivity index (χ1) is 7.20. The molecule has 0 saturated carbocycles. The van der Waals surface area contributed by atoms with Crippen molar-refractivity contribution in [3.63, 3.8) is 0 Å². The summed E-state index contributed by atoms with van der Waals surface area (Å²) in [6, 6.07) is 0. The maximum absolute atomic E-state index is 4.37. The fourth-order valence-corrected chi connectivity index (χ4v) is 1.38. The normalized spacial score (nSPS) is 11.5. The fraction of sp³-hybridized carbons (Fsp3) is 0.500. The number of fused-ring (bicyclic) bond motifs is 1. The molecule has 0 aliphatic carbocycles. The van der Waals surface area contributed by atoms with Gasteiger partial charge >= 0.3 is 0 Å². The summed E-state index contributed by atoms with van der Waals surface area (Å²) in [5.41, 5.74) is 1.10. The third kappa shape index (κ3) is 1.97. The van der Waals surface area contributed by atoms with Crippen molar-refractivity contribution in [2.24, 2.45) is 0 Å². The van der Waals surface area contributed by atoms with E-state index in [0.717, 1.165) is 17.9 Å². The number of nitrogens with zero attached hydrogens (tertiary/aromatic N) is 4. The van der Waals surface area contributed by atoms with E-state index in [1.54, 1.807) is 4.52 Å². The first-order valence-electron chi connectivity index (χ1n) is 5.06. The zero-order valence-electron chi connectivity index (χ0n) is 9.23. The van der Waals surface area contributed by atoms with Crippen molar-refractivity contribution in [3.8, 4) is 0 Å². The summed E-state index contributed by atoms with van der Waals surface area (Å²) in [6.45, 7) is 4.94. The van der Waals surface area contributed by atoms with E-state index < -0.39 is 0 Å². The Balaban J connectivity index is 2.43. The quantitative estimate of drug-likeness (QED) is 0.811. The van der Waals surface area contributed by atoms with E-state index in [1.165, 1.54) is 0 Å². The number of nitrogens with one attached hydrogen (secondary N) is 1. The van der Waals surface area contributed by atoms with Crippen LogP contribution in [0.2, 0.25) is 0 Å². The van der Waals surface area contributed by atoms with Gasteiger partial charge in [0.25, 0.3) is 5.78 Å². The summed E-state index contributed by atoms with van der Waals surface area (Å²) < 4.78 is 1.74. The zero-order chi connectivity index (χ0) is 10.8. The van der Waals surface area contributed by atoms with Crippen LogP contribution in [-0.4, -0.2) is 26.6 Å². The number of aromatic nitrogens is 4. The van der Waals surface area contributed by atoms with E-state index in [2.05, 4.69) is 34.2 Å². The molecule has 5 nitrogen and oxygen atoms in total. The van der Waals surface area contributed by atoms with Crippen molar-refractivity contribution in [1.29, 1.82) is 0 Å². The summed E-state index contributed by atoms with van der Waals surface area (Å²) in [6.07, 6.45) is 3.78. The molecule has 0 fully saturated rings. The lowest BCUT2D eigenvalue weighted by atomic mass is 10.2. The molecule has 0 bridgehead atoms. The lowest BCUT2D eigenvalue weighted by molar-refractivity contribution is 0.756. The maximum Gasteiger partial charge on any atom is 0.252 e. The van der Waals surface area contributed by atoms with Gasteiger partial charge in [-0.1, -0.05) is 13.8 Å². The highest BCUT2D eigenvalue weighted by Gasteiger charge is 2.08. The molecule has 0 aliphatic heterocycles. The standard InChI is InChI=1S/C10H15N5/c1-7(2)9-13-10-12-5-8(4-11-3)6-15(10)14-9/h5-7,11H,4H2,1-3H3. The minimum Gasteiger partial charge on any atom is -0.316 e. The Morgan fingerprint density at radius 2 is 2.27 bits per heavy atom. The van der Waals surface area contributed by atoms with E-state index in [0.29, 0.717) is 11.7 Å². The van der Waals surface area contributed by atoms with E-state index >= 15 is 0 Å². The van der Waals surface area contributed by atoms with E-state index in [9.17, 15) is 0 Å². The van der Waals surface area contributed by atoms with Crippen LogP contribution in [0.15, 0.2) is 12.4 Å². The number of hydrogen-bond donors (Lipinski definition) is 1. The van der Waals surface area contributed by atoms with E-state index in [1.807, 2.05) is 19.4 Å². The van der Waals surface area contributed by atoms with Crippen LogP contribution < -0.4 is 5.32 Å². The second-order valence-corrected chi connectivity index (χ2v) is 3.86. The summed E-state index contributed by atoms with van der Waals surface area (Å²) in [5.74, 6) is 1.84. The molecule has 0 radical (unpaired) electrons. The van der Waals surface area contributed by atoms with Gasteiger partial charge in [-0.3, -0.25) is 0 Å². The minimum atomic E-state index is 0.333. The molecule has 2 rings (SSSR count). The summed E-state index contributed by atoms with van der Waals surface area (Å²) in [4.78, 5) is 8.59. The van der Waals surface area contributed by atoms with Gasteiger partial charge in [-0.05, 0) is 7.05 Å². The SMILES string of the molecule is CNCc1cnc2nc(C(C)C)nn2c1. The second-order valence-electron chi connectivity index (χ2n) is 3.86. The van der Waals surface area contributed by atoms with Crippen LogP contribution in [0, 0.1) is 0 Å². The average Bonchev–Trinajstić information content (AvgIpc) is 2.61. The van der Waals surface area contributed by atoms with Gasteiger partial charge in [-0.2, -0.15) is 4.98 Å². The van der Waals surface area contributed by atoms with Gasteiger partial charge in [0.2, 0.25) is 0 Å². The molecule has 0 atom stereocenters. The Labute approximate surface area is 88.6 Å². The monoisotopic (exact) mass is 205 g/mol. The van der Waals surface area contributed by atoms with Gasteiger partial charge < -0.3 is 5.32 Å². The highest BCUT2D eigenvalue weighted by atomic mass is 15.3. The van der Waals surface area contributed by atoms with Crippen molar-refractivity contribution in [1.82, 2.24) is 24.9 Å². The van der Waals surface area contributed by atoms with Crippen molar-refractivity contribution < 1.29 is 0 Å². The highest BCUT2D eigenvalue weighted by Crippen LogP contribution is 2.09. The topological polar surface area (TPSA) is 55.1 Å². The van der Waals surface area contributed by atoms with Crippen LogP contribution in [0.1, 0.15) is 31.2 Å². The van der Waals surface area contributed by atoms with Crippen molar-refractivity contribution in [2.75, 3.05) is 7.05 Å². The first-order valence-corrected chi connectivity index (χ1v) is 5.06. The van der Waals surface area contributed by atoms with Gasteiger partial charge in [0.05, 0.1) is 0 Å². The number of hydrogen-bond acceptors (Lipinski definition) is 4. The molecule has 2 aromatic rings. The molecule has 0 unspecified atom stereocenters. The maximum atomic E-state index is 4.37. The predicted molar refractivity (Wildman–Crippen MR) is 57.6 cm³/mol. The fourth-order valence-electron chi connectivity index (χ4n) is 1.38. The highest BCUT2D eigenvalue weighted by molar-refractivity contribution is 5.28. The van der Waals surface area contributed by atoms with Crippen molar-refractivity contribution >= 4 is 5.78 Å². The van der Waals surface area contributed by atoms with Gasteiger partial charge in [0, 0.05) is 30.4 Å². The molecule has 5 heteroatoms. The Hall–Kier alpha value is -1.49. The molecule has 15 heavy (non-hydrogen) atoms. The molecule has 0 amide bonds. The molecule has 0 saturated heterocycles. The molecular formula is C10H15N5. The summed E-state index contributed by atoms with van der Waals surface area (Å²) in [7, 11) is 1.91. The lowest BCUT2D eigenvalue weighted by Crippen LogP contribution is -2.06. The van der Waals surface area contributed by atoms with E-state index in [4.69, 9.17) is 0 Å². The number of rotatable bonds is 3. The van der Waals surface area contributed by atoms with Crippen molar-refractivity contribution in [2.45, 2.75) is 26.3 Å². The molecule has 0 aromatic carbocycles. The average molecular weight is 205 g/mol. The van der Waals surface area contributed by atoms with Crippen LogP contribution in [0.3, 0.4) is 0 Å². The van der Waals surface area contributed by atoms with Crippen LogP contribution in [0.5, 0.6) is 0 Å². The first kappa shape index (κ1) is 10.0. The van der Waals surface area contributed by atoms with Crippen LogP contribution in [-0.2, 0) is 6.54 Å². The molecule has 0 aliphatic rings. The zero-order valence-corrected chi connectivity index (χ0v) is 9.23. The third-order valence-corrected chi connectivity index (χ3v) is 2.16. The molecule has 1 N–H and O–H groups in total. The largest absolute Gasteiger partial charge is 0.316 e. The molecule has 2 heterocycles. The lowest BCUT2D eigenvalue weighted by Gasteiger charge is -1.98. The van der Waals surface area contributed by atoms with Crippen molar-refractivity contribution in [3.05, 3.63) is 23.8 Å². The minimum absolute atomic E-state index is 0.333. The second kappa shape index (κ2) is 3.94. The van der Waals surface area contributed by atoms with Gasteiger partial charge in [0.15, 0.2) is 5.82 Å². The Kier molecular flexibility index (Phi) is 2.64. The third-order valence-electron chi connectivity index (χ3n) is 2.16. The van der Waals surface area contributed by atoms with Gasteiger partial charge in [-0.15, -0.1) is 5.10 Å². The molecule has 0 spiro atoms. The molecule has 80 valence electrons. The summed E-state index contributed by atoms with van der Waals surface area (Å²) in [5, 5.41) is 7.45. The smallest absolute Gasteiger partial charge is 0.252 e. The predicted octanol–water partition coefficient (Wildman–Crippen LogP) is 0.967. The Bertz CT molecular complexity index is 460. The van der Waals surface area contributed by atoms with Crippen LogP contribution in [0.25, 0.3) is 5.78 Å². The van der Waals surface area contributed by atoms with Gasteiger partial charge in [0.1, 0.15) is 0 Å². The molecular weight excluding hydrogens is 190 g/mol.